The maximum absolute atomic E-state index is 11.3. The van der Waals surface area contributed by atoms with E-state index in [4.69, 9.17) is 10.5 Å². The molecule has 0 spiro atoms. The van der Waals surface area contributed by atoms with Gasteiger partial charge in [0.1, 0.15) is 6.61 Å². The maximum Gasteiger partial charge on any atom is 0.245 e. The molecule has 0 aliphatic rings. The van der Waals surface area contributed by atoms with Crippen molar-refractivity contribution in [1.82, 2.24) is 5.32 Å². The first-order valence-corrected chi connectivity index (χ1v) is 6.21. The average Bonchev–Trinajstić information content (AvgIpc) is 2.29. The van der Waals surface area contributed by atoms with Crippen molar-refractivity contribution >= 4 is 5.91 Å². The van der Waals surface area contributed by atoms with Crippen molar-refractivity contribution in [2.45, 2.75) is 52.0 Å². The molecule has 0 aromatic rings. The minimum atomic E-state index is -0.288. The number of hydrogen-bond acceptors (Lipinski definition) is 3. The summed E-state index contributed by atoms with van der Waals surface area (Å²) in [7, 11) is 0. The summed E-state index contributed by atoms with van der Waals surface area (Å²) in [6.45, 7) is 7.45. The molecule has 0 heterocycles. The summed E-state index contributed by atoms with van der Waals surface area (Å²) in [5.41, 5.74) is 5.76. The molecular formula is C12H26N2O2. The van der Waals surface area contributed by atoms with Gasteiger partial charge in [0, 0.05) is 12.1 Å². The number of rotatable bonds is 9. The van der Waals surface area contributed by atoms with Crippen molar-refractivity contribution in [2.75, 3.05) is 19.8 Å². The lowest BCUT2D eigenvalue weighted by Gasteiger charge is -2.25. The zero-order valence-corrected chi connectivity index (χ0v) is 10.8. The molecule has 96 valence electrons. The van der Waals surface area contributed by atoms with Crippen LogP contribution in [-0.4, -0.2) is 31.2 Å². The molecule has 3 N–H and O–H groups in total. The summed E-state index contributed by atoms with van der Waals surface area (Å²) in [4.78, 5) is 11.3. The first-order valence-electron chi connectivity index (χ1n) is 6.21. The summed E-state index contributed by atoms with van der Waals surface area (Å²) >= 11 is 0. The zero-order chi connectivity index (χ0) is 12.4. The second kappa shape index (κ2) is 8.53. The van der Waals surface area contributed by atoms with Crippen molar-refractivity contribution < 1.29 is 9.53 Å². The van der Waals surface area contributed by atoms with Gasteiger partial charge in [-0.1, -0.05) is 27.2 Å². The SMILES string of the molecule is CCCCNC(=O)COCC(N)(CC)CC. The Kier molecular flexibility index (Phi) is 8.21. The first-order chi connectivity index (χ1) is 7.58. The minimum Gasteiger partial charge on any atom is -0.370 e. The molecule has 0 rings (SSSR count). The fraction of sp³-hybridized carbons (Fsp3) is 0.917. The lowest BCUT2D eigenvalue weighted by Crippen LogP contribution is -2.44. The van der Waals surface area contributed by atoms with Crippen LogP contribution in [0.4, 0.5) is 0 Å². The van der Waals surface area contributed by atoms with E-state index < -0.39 is 0 Å². The van der Waals surface area contributed by atoms with E-state index in [9.17, 15) is 4.79 Å². The Morgan fingerprint density at radius 1 is 1.31 bits per heavy atom. The molecule has 1 amide bonds. The number of carbonyl (C=O) groups is 1. The Bertz CT molecular complexity index is 191. The van der Waals surface area contributed by atoms with E-state index in [-0.39, 0.29) is 18.1 Å². The molecule has 0 aromatic carbocycles. The highest BCUT2D eigenvalue weighted by molar-refractivity contribution is 5.77. The summed E-state index contributed by atoms with van der Waals surface area (Å²) in [5, 5.41) is 2.80. The van der Waals surface area contributed by atoms with Crippen LogP contribution in [0.1, 0.15) is 46.5 Å². The number of nitrogens with two attached hydrogens (primary N) is 1. The van der Waals surface area contributed by atoms with Gasteiger partial charge in [-0.2, -0.15) is 0 Å². The van der Waals surface area contributed by atoms with Gasteiger partial charge in [-0.25, -0.2) is 0 Å². The number of ether oxygens (including phenoxy) is 1. The van der Waals surface area contributed by atoms with Crippen LogP contribution in [0, 0.1) is 0 Å². The standard InChI is InChI=1S/C12H26N2O2/c1-4-7-8-14-11(15)9-16-10-12(13,5-2)6-3/h4-10,13H2,1-3H3,(H,14,15). The second-order valence-corrected chi connectivity index (χ2v) is 4.27. The van der Waals surface area contributed by atoms with E-state index in [1.807, 2.05) is 13.8 Å². The van der Waals surface area contributed by atoms with Crippen LogP contribution in [0.15, 0.2) is 0 Å². The van der Waals surface area contributed by atoms with Crippen molar-refractivity contribution in [1.29, 1.82) is 0 Å². The lowest BCUT2D eigenvalue weighted by atomic mass is 9.96. The van der Waals surface area contributed by atoms with Crippen molar-refractivity contribution in [3.8, 4) is 0 Å². The molecule has 0 bridgehead atoms. The number of amides is 1. The summed E-state index contributed by atoms with van der Waals surface area (Å²) in [5.74, 6) is -0.0528. The maximum atomic E-state index is 11.3. The molecular weight excluding hydrogens is 204 g/mol. The van der Waals surface area contributed by atoms with E-state index >= 15 is 0 Å². The molecule has 16 heavy (non-hydrogen) atoms. The van der Waals surface area contributed by atoms with Crippen LogP contribution in [0.25, 0.3) is 0 Å². The zero-order valence-electron chi connectivity index (χ0n) is 10.8. The molecule has 4 nitrogen and oxygen atoms in total. The molecule has 0 saturated carbocycles. The first kappa shape index (κ1) is 15.4. The molecule has 0 saturated heterocycles. The highest BCUT2D eigenvalue weighted by Crippen LogP contribution is 2.10. The summed E-state index contributed by atoms with van der Waals surface area (Å²) in [6, 6.07) is 0. The number of nitrogens with one attached hydrogen (secondary N) is 1. The van der Waals surface area contributed by atoms with Gasteiger partial charge in [-0.3, -0.25) is 4.79 Å². The molecule has 0 aliphatic carbocycles. The highest BCUT2D eigenvalue weighted by Gasteiger charge is 2.20. The van der Waals surface area contributed by atoms with Gasteiger partial charge in [0.25, 0.3) is 0 Å². The molecule has 0 aliphatic heterocycles. The monoisotopic (exact) mass is 230 g/mol. The largest absolute Gasteiger partial charge is 0.370 e. The fourth-order valence-corrected chi connectivity index (χ4v) is 1.26. The van der Waals surface area contributed by atoms with E-state index in [1.165, 1.54) is 0 Å². The normalized spacial score (nSPS) is 11.5. The topological polar surface area (TPSA) is 64.3 Å². The third-order valence-corrected chi connectivity index (χ3v) is 2.88. The van der Waals surface area contributed by atoms with E-state index in [2.05, 4.69) is 12.2 Å². The number of hydrogen-bond donors (Lipinski definition) is 2. The number of carbonyl (C=O) groups excluding carboxylic acids is 1. The molecule has 0 atom stereocenters. The fourth-order valence-electron chi connectivity index (χ4n) is 1.26. The van der Waals surface area contributed by atoms with Gasteiger partial charge in [0.2, 0.25) is 5.91 Å². The second-order valence-electron chi connectivity index (χ2n) is 4.27. The van der Waals surface area contributed by atoms with E-state index in [0.717, 1.165) is 32.2 Å². The highest BCUT2D eigenvalue weighted by atomic mass is 16.5. The molecule has 0 radical (unpaired) electrons. The predicted octanol–water partition coefficient (Wildman–Crippen LogP) is 1.44. The lowest BCUT2D eigenvalue weighted by molar-refractivity contribution is -0.126. The van der Waals surface area contributed by atoms with Gasteiger partial charge in [-0.15, -0.1) is 0 Å². The Balaban J connectivity index is 3.60. The summed E-state index contributed by atoms with van der Waals surface area (Å²) in [6.07, 6.45) is 3.82. The Hall–Kier alpha value is -0.610. The minimum absolute atomic E-state index is 0.0528. The molecule has 4 heteroatoms. The van der Waals surface area contributed by atoms with Crippen molar-refractivity contribution in [2.24, 2.45) is 5.73 Å². The van der Waals surface area contributed by atoms with Crippen LogP contribution in [0.2, 0.25) is 0 Å². The van der Waals surface area contributed by atoms with Gasteiger partial charge >= 0.3 is 0 Å². The Morgan fingerprint density at radius 2 is 1.94 bits per heavy atom. The van der Waals surface area contributed by atoms with E-state index in [1.54, 1.807) is 0 Å². The summed E-state index contributed by atoms with van der Waals surface area (Å²) < 4.78 is 5.34. The van der Waals surface area contributed by atoms with Crippen molar-refractivity contribution in [3.63, 3.8) is 0 Å². The smallest absolute Gasteiger partial charge is 0.245 e. The van der Waals surface area contributed by atoms with Crippen LogP contribution < -0.4 is 11.1 Å². The van der Waals surface area contributed by atoms with Crippen LogP contribution in [-0.2, 0) is 9.53 Å². The predicted molar refractivity (Wildman–Crippen MR) is 66.2 cm³/mol. The van der Waals surface area contributed by atoms with Crippen LogP contribution in [0.3, 0.4) is 0 Å². The third-order valence-electron chi connectivity index (χ3n) is 2.88. The molecule has 0 aromatic heterocycles. The van der Waals surface area contributed by atoms with Gasteiger partial charge in [-0.05, 0) is 19.3 Å². The van der Waals surface area contributed by atoms with Gasteiger partial charge in [0.05, 0.1) is 6.61 Å². The van der Waals surface area contributed by atoms with Crippen LogP contribution >= 0.6 is 0 Å². The van der Waals surface area contributed by atoms with Gasteiger partial charge < -0.3 is 15.8 Å². The van der Waals surface area contributed by atoms with Crippen molar-refractivity contribution in [3.05, 3.63) is 0 Å². The Morgan fingerprint density at radius 3 is 2.44 bits per heavy atom. The average molecular weight is 230 g/mol. The van der Waals surface area contributed by atoms with E-state index in [0.29, 0.717) is 6.61 Å². The third kappa shape index (κ3) is 6.80. The Labute approximate surface area is 98.9 Å². The number of unbranched alkanes of at least 4 members (excludes halogenated alkanes) is 1. The molecule has 0 unspecified atom stereocenters. The van der Waals surface area contributed by atoms with Crippen LogP contribution in [0.5, 0.6) is 0 Å². The molecule has 0 fully saturated rings. The van der Waals surface area contributed by atoms with Gasteiger partial charge in [0.15, 0.2) is 0 Å². The quantitative estimate of drug-likeness (QED) is 0.589.